The Kier molecular flexibility index (Phi) is 3.88. The molecule has 0 fully saturated rings. The maximum Gasteiger partial charge on any atom is 0.186 e. The Balaban J connectivity index is 2.14. The van der Waals surface area contributed by atoms with Gasteiger partial charge in [-0.3, -0.25) is 4.68 Å². The Labute approximate surface area is 113 Å². The molecule has 0 saturated heterocycles. The zero-order chi connectivity index (χ0) is 12.4. The molecule has 0 radical (unpaired) electrons. The molecule has 0 aromatic carbocycles. The Bertz CT molecular complexity index is 519. The lowest BCUT2D eigenvalue weighted by molar-refractivity contribution is 0.683. The molecule has 0 N–H and O–H groups in total. The maximum absolute atomic E-state index is 4.46. The minimum Gasteiger partial charge on any atom is -0.270 e. The van der Waals surface area contributed by atoms with Crippen LogP contribution < -0.4 is 0 Å². The number of hydrogen-bond donors (Lipinski definition) is 0. The largest absolute Gasteiger partial charge is 0.270 e. The van der Waals surface area contributed by atoms with Crippen molar-refractivity contribution in [2.45, 2.75) is 24.3 Å². The van der Waals surface area contributed by atoms with Gasteiger partial charge in [0.25, 0.3) is 0 Å². The van der Waals surface area contributed by atoms with E-state index < -0.39 is 0 Å². The van der Waals surface area contributed by atoms with E-state index in [1.165, 1.54) is 5.69 Å². The van der Waals surface area contributed by atoms with Crippen molar-refractivity contribution in [3.8, 4) is 0 Å². The molecule has 0 atom stereocenters. The molecule has 0 aliphatic carbocycles. The third kappa shape index (κ3) is 2.55. The summed E-state index contributed by atoms with van der Waals surface area (Å²) in [6.07, 6.45) is 2.50. The summed E-state index contributed by atoms with van der Waals surface area (Å²) in [7, 11) is 3.86. The lowest BCUT2D eigenvalue weighted by Gasteiger charge is -2.02. The van der Waals surface area contributed by atoms with Gasteiger partial charge in [-0.25, -0.2) is 9.67 Å². The summed E-state index contributed by atoms with van der Waals surface area (Å²) in [4.78, 5) is 4.19. The van der Waals surface area contributed by atoms with Crippen LogP contribution in [0.2, 0.25) is 0 Å². The van der Waals surface area contributed by atoms with Crippen LogP contribution in [0.25, 0.3) is 0 Å². The molecule has 0 spiro atoms. The molecule has 0 amide bonds. The molecule has 2 rings (SSSR count). The maximum atomic E-state index is 4.46. The topological polar surface area (TPSA) is 48.5 Å². The van der Waals surface area contributed by atoms with Crippen molar-refractivity contribution in [3.05, 3.63) is 22.2 Å². The van der Waals surface area contributed by atoms with Gasteiger partial charge in [-0.2, -0.15) is 10.2 Å². The molecule has 2 aromatic heterocycles. The minimum atomic E-state index is 0.830. The van der Waals surface area contributed by atoms with E-state index in [1.54, 1.807) is 22.8 Å². The quantitative estimate of drug-likeness (QED) is 0.811. The average Bonchev–Trinajstić information content (AvgIpc) is 2.82. The molecule has 0 aliphatic rings. The van der Waals surface area contributed by atoms with Crippen LogP contribution in [0.4, 0.5) is 0 Å². The molecule has 5 nitrogen and oxygen atoms in total. The van der Waals surface area contributed by atoms with Gasteiger partial charge in [-0.05, 0) is 22.4 Å². The van der Waals surface area contributed by atoms with Gasteiger partial charge in [0.2, 0.25) is 0 Å². The zero-order valence-electron chi connectivity index (χ0n) is 10.0. The molecular formula is C10H14BrN5S. The Morgan fingerprint density at radius 3 is 2.65 bits per heavy atom. The molecule has 2 aromatic rings. The number of halogens is 1. The fourth-order valence-electron chi connectivity index (χ4n) is 1.53. The normalized spacial score (nSPS) is 11.1. The van der Waals surface area contributed by atoms with E-state index in [1.807, 2.05) is 18.8 Å². The number of rotatable bonds is 4. The second-order valence-corrected chi connectivity index (χ2v) is 5.37. The number of thioether (sulfide) groups is 1. The van der Waals surface area contributed by atoms with Crippen molar-refractivity contribution in [2.24, 2.45) is 14.1 Å². The van der Waals surface area contributed by atoms with Crippen molar-refractivity contribution in [1.82, 2.24) is 24.5 Å². The number of aryl methyl sites for hydroxylation is 3. The highest BCUT2D eigenvalue weighted by molar-refractivity contribution is 9.10. The Morgan fingerprint density at radius 1 is 1.35 bits per heavy atom. The van der Waals surface area contributed by atoms with Crippen molar-refractivity contribution in [1.29, 1.82) is 0 Å². The molecule has 92 valence electrons. The third-order valence-electron chi connectivity index (χ3n) is 2.51. The van der Waals surface area contributed by atoms with Gasteiger partial charge in [-0.1, -0.05) is 18.7 Å². The SMILES string of the molecule is CCc1nn(C)c(CSc2ncnn2C)c1Br. The molecule has 0 bridgehead atoms. The smallest absolute Gasteiger partial charge is 0.186 e. The number of aromatic nitrogens is 5. The summed E-state index contributed by atoms with van der Waals surface area (Å²) in [5.74, 6) is 0.830. The van der Waals surface area contributed by atoms with Crippen LogP contribution in [0.15, 0.2) is 16.0 Å². The van der Waals surface area contributed by atoms with Gasteiger partial charge in [0.05, 0.1) is 15.9 Å². The number of nitrogens with zero attached hydrogens (tertiary/aromatic N) is 5. The van der Waals surface area contributed by atoms with Crippen LogP contribution in [0.5, 0.6) is 0 Å². The fourth-order valence-corrected chi connectivity index (χ4v) is 3.42. The summed E-state index contributed by atoms with van der Waals surface area (Å²) in [5.41, 5.74) is 2.27. The predicted octanol–water partition coefficient (Wildman–Crippen LogP) is 2.17. The monoisotopic (exact) mass is 315 g/mol. The average molecular weight is 316 g/mol. The van der Waals surface area contributed by atoms with Gasteiger partial charge in [-0.15, -0.1) is 0 Å². The van der Waals surface area contributed by atoms with E-state index in [9.17, 15) is 0 Å². The van der Waals surface area contributed by atoms with Crippen LogP contribution in [0.3, 0.4) is 0 Å². The number of hydrogen-bond acceptors (Lipinski definition) is 4. The summed E-state index contributed by atoms with van der Waals surface area (Å²) in [6, 6.07) is 0. The first-order valence-corrected chi connectivity index (χ1v) is 7.08. The van der Waals surface area contributed by atoms with Gasteiger partial charge in [0.15, 0.2) is 5.16 Å². The fraction of sp³-hybridized carbons (Fsp3) is 0.500. The van der Waals surface area contributed by atoms with Crippen molar-refractivity contribution < 1.29 is 0 Å². The van der Waals surface area contributed by atoms with Crippen LogP contribution in [0, 0.1) is 0 Å². The van der Waals surface area contributed by atoms with Crippen LogP contribution in [-0.4, -0.2) is 24.5 Å². The van der Waals surface area contributed by atoms with E-state index >= 15 is 0 Å². The standard InChI is InChI=1S/C10H14BrN5S/c1-4-7-9(11)8(15(2)14-7)5-17-10-12-6-13-16(10)3/h6H,4-5H2,1-3H3. The van der Waals surface area contributed by atoms with E-state index in [4.69, 9.17) is 0 Å². The summed E-state index contributed by atoms with van der Waals surface area (Å²) in [5, 5.41) is 9.42. The molecule has 0 aliphatic heterocycles. The van der Waals surface area contributed by atoms with E-state index in [0.717, 1.165) is 27.5 Å². The molecular weight excluding hydrogens is 302 g/mol. The molecule has 7 heteroatoms. The highest BCUT2D eigenvalue weighted by Gasteiger charge is 2.13. The first kappa shape index (κ1) is 12.6. The van der Waals surface area contributed by atoms with E-state index in [2.05, 4.69) is 38.0 Å². The zero-order valence-corrected chi connectivity index (χ0v) is 12.4. The third-order valence-corrected chi connectivity index (χ3v) is 4.47. The second kappa shape index (κ2) is 5.22. The lowest BCUT2D eigenvalue weighted by atomic mass is 10.3. The lowest BCUT2D eigenvalue weighted by Crippen LogP contribution is -1.98. The second-order valence-electron chi connectivity index (χ2n) is 3.64. The van der Waals surface area contributed by atoms with Crippen molar-refractivity contribution >= 4 is 27.7 Å². The molecule has 17 heavy (non-hydrogen) atoms. The van der Waals surface area contributed by atoms with E-state index in [-0.39, 0.29) is 0 Å². The van der Waals surface area contributed by atoms with Crippen LogP contribution in [0.1, 0.15) is 18.3 Å². The summed E-state index contributed by atoms with van der Waals surface area (Å²) in [6.45, 7) is 2.10. The first-order chi connectivity index (χ1) is 8.13. The van der Waals surface area contributed by atoms with Crippen molar-refractivity contribution in [2.75, 3.05) is 0 Å². The first-order valence-electron chi connectivity index (χ1n) is 5.30. The van der Waals surface area contributed by atoms with Crippen LogP contribution in [-0.2, 0) is 26.3 Å². The van der Waals surface area contributed by atoms with E-state index in [0.29, 0.717) is 0 Å². The molecule has 0 saturated carbocycles. The minimum absolute atomic E-state index is 0.830. The Hall–Kier alpha value is -0.820. The summed E-state index contributed by atoms with van der Waals surface area (Å²) >= 11 is 5.26. The van der Waals surface area contributed by atoms with Gasteiger partial charge in [0.1, 0.15) is 6.33 Å². The predicted molar refractivity (Wildman–Crippen MR) is 70.9 cm³/mol. The highest BCUT2D eigenvalue weighted by atomic mass is 79.9. The van der Waals surface area contributed by atoms with Crippen LogP contribution >= 0.6 is 27.7 Å². The highest BCUT2D eigenvalue weighted by Crippen LogP contribution is 2.27. The van der Waals surface area contributed by atoms with Crippen molar-refractivity contribution in [3.63, 3.8) is 0 Å². The molecule has 0 unspecified atom stereocenters. The summed E-state index contributed by atoms with van der Waals surface area (Å²) < 4.78 is 4.80. The Morgan fingerprint density at radius 2 is 2.12 bits per heavy atom. The van der Waals surface area contributed by atoms with Gasteiger partial charge >= 0.3 is 0 Å². The molecule has 2 heterocycles. The van der Waals surface area contributed by atoms with Gasteiger partial charge < -0.3 is 0 Å². The van der Waals surface area contributed by atoms with Gasteiger partial charge in [0, 0.05) is 19.8 Å².